The van der Waals surface area contributed by atoms with Crippen LogP contribution < -0.4 is 15.2 Å². The summed E-state index contributed by atoms with van der Waals surface area (Å²) in [6.07, 6.45) is 2.64. The zero-order valence-corrected chi connectivity index (χ0v) is 21.5. The lowest BCUT2D eigenvalue weighted by molar-refractivity contribution is 0.296. The van der Waals surface area contributed by atoms with Crippen molar-refractivity contribution in [1.82, 2.24) is 19.1 Å². The predicted molar refractivity (Wildman–Crippen MR) is 135 cm³/mol. The molecule has 1 atom stereocenters. The SMILES string of the molecule is CCOc1nc(C(CS(C)(=O)=O)n2c(=O)n(C)c3cc(-c4cccc(F)c4C)cnc32)ccc1OC. The van der Waals surface area contributed by atoms with Crippen molar-refractivity contribution in [2.24, 2.45) is 7.05 Å². The normalized spacial score (nSPS) is 12.6. The van der Waals surface area contributed by atoms with E-state index in [1.54, 1.807) is 57.4 Å². The lowest BCUT2D eigenvalue weighted by atomic mass is 10.0. The molecule has 3 aromatic heterocycles. The standard InChI is InChI=1S/C25H27FN4O5S/c1-6-35-24-22(34-4)11-10-19(28-24)21(14-36(5,32)33)30-23-20(29(3)25(30)31)12-16(13-27-23)17-8-7-9-18(26)15(17)2/h7-13,21H,6,14H2,1-5H3. The summed E-state index contributed by atoms with van der Waals surface area (Å²) in [4.78, 5) is 22.4. The van der Waals surface area contributed by atoms with Gasteiger partial charge in [-0.25, -0.2) is 27.6 Å². The summed E-state index contributed by atoms with van der Waals surface area (Å²) in [5.74, 6) is -0.148. The average Bonchev–Trinajstić information content (AvgIpc) is 3.08. The highest BCUT2D eigenvalue weighted by atomic mass is 32.2. The van der Waals surface area contributed by atoms with Gasteiger partial charge in [0.05, 0.1) is 36.7 Å². The lowest BCUT2D eigenvalue weighted by Crippen LogP contribution is -2.31. The van der Waals surface area contributed by atoms with E-state index in [0.717, 1.165) is 6.26 Å². The highest BCUT2D eigenvalue weighted by molar-refractivity contribution is 7.90. The zero-order valence-electron chi connectivity index (χ0n) is 20.6. The Balaban J connectivity index is 1.94. The van der Waals surface area contributed by atoms with E-state index < -0.39 is 21.6 Å². The molecule has 0 spiro atoms. The van der Waals surface area contributed by atoms with Crippen molar-refractivity contribution in [3.05, 3.63) is 70.2 Å². The molecule has 11 heteroatoms. The minimum Gasteiger partial charge on any atom is -0.491 e. The molecule has 0 aliphatic heterocycles. The molecule has 4 aromatic rings. The van der Waals surface area contributed by atoms with E-state index in [9.17, 15) is 17.6 Å². The molecule has 3 heterocycles. The van der Waals surface area contributed by atoms with Crippen LogP contribution in [0.15, 0.2) is 47.4 Å². The van der Waals surface area contributed by atoms with Crippen molar-refractivity contribution < 1.29 is 22.3 Å². The Hall–Kier alpha value is -3.73. The highest BCUT2D eigenvalue weighted by Gasteiger charge is 2.28. The van der Waals surface area contributed by atoms with Crippen molar-refractivity contribution in [2.75, 3.05) is 25.7 Å². The Labute approximate surface area is 208 Å². The first kappa shape index (κ1) is 25.4. The molecule has 0 fully saturated rings. The van der Waals surface area contributed by atoms with Gasteiger partial charge in [-0.2, -0.15) is 0 Å². The third-order valence-electron chi connectivity index (χ3n) is 5.97. The van der Waals surface area contributed by atoms with Crippen LogP contribution in [0, 0.1) is 12.7 Å². The summed E-state index contributed by atoms with van der Waals surface area (Å²) in [5, 5.41) is 0. The van der Waals surface area contributed by atoms with Gasteiger partial charge in [-0.3, -0.25) is 9.13 Å². The van der Waals surface area contributed by atoms with Gasteiger partial charge in [0, 0.05) is 25.1 Å². The topological polar surface area (TPSA) is 105 Å². The van der Waals surface area contributed by atoms with E-state index in [1.807, 2.05) is 0 Å². The number of aryl methyl sites for hydroxylation is 1. The van der Waals surface area contributed by atoms with Crippen molar-refractivity contribution in [2.45, 2.75) is 19.9 Å². The summed E-state index contributed by atoms with van der Waals surface area (Å²) in [7, 11) is -0.493. The number of halogens is 1. The van der Waals surface area contributed by atoms with E-state index in [1.165, 1.54) is 22.3 Å². The largest absolute Gasteiger partial charge is 0.491 e. The fourth-order valence-corrected chi connectivity index (χ4v) is 5.08. The predicted octanol–water partition coefficient (Wildman–Crippen LogP) is 3.29. The second-order valence-corrected chi connectivity index (χ2v) is 10.7. The first-order valence-corrected chi connectivity index (χ1v) is 13.3. The third kappa shape index (κ3) is 4.70. The molecule has 36 heavy (non-hydrogen) atoms. The molecule has 0 amide bonds. The van der Waals surface area contributed by atoms with Gasteiger partial charge < -0.3 is 9.47 Å². The van der Waals surface area contributed by atoms with Gasteiger partial charge in [0.15, 0.2) is 11.4 Å². The van der Waals surface area contributed by atoms with E-state index in [0.29, 0.717) is 40.3 Å². The lowest BCUT2D eigenvalue weighted by Gasteiger charge is -2.19. The fourth-order valence-electron chi connectivity index (χ4n) is 4.18. The van der Waals surface area contributed by atoms with Crippen LogP contribution in [0.25, 0.3) is 22.3 Å². The zero-order chi connectivity index (χ0) is 26.2. The number of hydrogen-bond acceptors (Lipinski definition) is 7. The molecule has 190 valence electrons. The molecule has 0 N–H and O–H groups in total. The summed E-state index contributed by atoms with van der Waals surface area (Å²) >= 11 is 0. The number of rotatable bonds is 8. The monoisotopic (exact) mass is 514 g/mol. The van der Waals surface area contributed by atoms with Crippen molar-refractivity contribution >= 4 is 21.0 Å². The summed E-state index contributed by atoms with van der Waals surface area (Å²) in [6.45, 7) is 3.78. The second kappa shape index (κ2) is 9.73. The molecule has 0 radical (unpaired) electrons. The number of ether oxygens (including phenoxy) is 2. The highest BCUT2D eigenvalue weighted by Crippen LogP contribution is 2.31. The number of methoxy groups -OCH3 is 1. The average molecular weight is 515 g/mol. The van der Waals surface area contributed by atoms with Crippen LogP contribution in [0.5, 0.6) is 11.6 Å². The van der Waals surface area contributed by atoms with E-state index in [-0.39, 0.29) is 23.1 Å². The number of benzene rings is 1. The van der Waals surface area contributed by atoms with Gasteiger partial charge in [0.2, 0.25) is 0 Å². The summed E-state index contributed by atoms with van der Waals surface area (Å²) < 4.78 is 52.6. The third-order valence-corrected chi connectivity index (χ3v) is 6.89. The minimum atomic E-state index is -3.55. The molecule has 0 aliphatic rings. The minimum absolute atomic E-state index is 0.195. The van der Waals surface area contributed by atoms with Crippen LogP contribution in [0.4, 0.5) is 4.39 Å². The number of nitrogens with zero attached hydrogens (tertiary/aromatic N) is 4. The van der Waals surface area contributed by atoms with Gasteiger partial charge in [-0.15, -0.1) is 0 Å². The Morgan fingerprint density at radius 2 is 1.94 bits per heavy atom. The molecule has 1 aromatic carbocycles. The van der Waals surface area contributed by atoms with E-state index in [2.05, 4.69) is 9.97 Å². The molecular weight excluding hydrogens is 487 g/mol. The van der Waals surface area contributed by atoms with E-state index >= 15 is 0 Å². The quantitative estimate of drug-likeness (QED) is 0.355. The maximum absolute atomic E-state index is 14.2. The number of pyridine rings is 2. The van der Waals surface area contributed by atoms with Crippen LogP contribution in [0.1, 0.15) is 24.2 Å². The molecule has 9 nitrogen and oxygen atoms in total. The van der Waals surface area contributed by atoms with Crippen LogP contribution >= 0.6 is 0 Å². The number of fused-ring (bicyclic) bond motifs is 1. The number of aromatic nitrogens is 4. The number of sulfone groups is 1. The first-order valence-electron chi connectivity index (χ1n) is 11.2. The molecule has 0 saturated heterocycles. The van der Waals surface area contributed by atoms with Crippen LogP contribution in [-0.4, -0.2) is 53.2 Å². The van der Waals surface area contributed by atoms with Crippen LogP contribution in [-0.2, 0) is 16.9 Å². The van der Waals surface area contributed by atoms with Gasteiger partial charge in [0.25, 0.3) is 5.88 Å². The van der Waals surface area contributed by atoms with Gasteiger partial charge in [-0.05, 0) is 49.2 Å². The van der Waals surface area contributed by atoms with Gasteiger partial charge >= 0.3 is 5.69 Å². The first-order chi connectivity index (χ1) is 17.1. The number of imidazole rings is 1. The van der Waals surface area contributed by atoms with E-state index in [4.69, 9.17) is 9.47 Å². The maximum atomic E-state index is 14.2. The molecule has 0 bridgehead atoms. The van der Waals surface area contributed by atoms with Crippen molar-refractivity contribution in [3.63, 3.8) is 0 Å². The van der Waals surface area contributed by atoms with Gasteiger partial charge in [-0.1, -0.05) is 12.1 Å². The van der Waals surface area contributed by atoms with Gasteiger partial charge in [0.1, 0.15) is 15.7 Å². The molecule has 1 unspecified atom stereocenters. The molecule has 0 saturated carbocycles. The Kier molecular flexibility index (Phi) is 6.85. The van der Waals surface area contributed by atoms with Crippen LogP contribution in [0.3, 0.4) is 0 Å². The van der Waals surface area contributed by atoms with Crippen molar-refractivity contribution in [1.29, 1.82) is 0 Å². The Morgan fingerprint density at radius 1 is 1.19 bits per heavy atom. The molecule has 0 aliphatic carbocycles. The number of hydrogen-bond donors (Lipinski definition) is 0. The smallest absolute Gasteiger partial charge is 0.330 e. The van der Waals surface area contributed by atoms with Crippen molar-refractivity contribution in [3.8, 4) is 22.8 Å². The summed E-state index contributed by atoms with van der Waals surface area (Å²) in [6, 6.07) is 8.76. The summed E-state index contributed by atoms with van der Waals surface area (Å²) in [5.41, 5.74) is 2.34. The Bertz CT molecular complexity index is 1610. The second-order valence-electron chi connectivity index (χ2n) is 8.48. The maximum Gasteiger partial charge on any atom is 0.330 e. The Morgan fingerprint density at radius 3 is 2.61 bits per heavy atom. The molecule has 4 rings (SSSR count). The molecular formula is C25H27FN4O5S. The fraction of sp³-hybridized carbons (Fsp3) is 0.320. The van der Waals surface area contributed by atoms with Crippen LogP contribution in [0.2, 0.25) is 0 Å².